The lowest BCUT2D eigenvalue weighted by Gasteiger charge is -2.22. The number of nitrogens with one attached hydrogen (secondary N) is 1. The van der Waals surface area contributed by atoms with Gasteiger partial charge in [-0.2, -0.15) is 0 Å². The van der Waals surface area contributed by atoms with Gasteiger partial charge >= 0.3 is 0 Å². The average Bonchev–Trinajstić information content (AvgIpc) is 2.78. The monoisotopic (exact) mass is 406 g/mol. The van der Waals surface area contributed by atoms with Gasteiger partial charge in [0.15, 0.2) is 6.73 Å². The van der Waals surface area contributed by atoms with E-state index in [1.807, 2.05) is 24.3 Å². The summed E-state index contributed by atoms with van der Waals surface area (Å²) in [5.41, 5.74) is 28.7. The maximum atomic E-state index is 8.78. The number of azide groups is 3. The van der Waals surface area contributed by atoms with Crippen LogP contribution in [0.4, 0.5) is 0 Å². The Labute approximate surface area is 173 Å². The van der Waals surface area contributed by atoms with Crippen molar-refractivity contribution in [1.29, 1.82) is 0 Å². The highest BCUT2D eigenvalue weighted by Gasteiger charge is 2.17. The van der Waals surface area contributed by atoms with Gasteiger partial charge in [0.1, 0.15) is 5.75 Å². The molecule has 0 fully saturated rings. The minimum atomic E-state index is -0.288. The fourth-order valence-corrected chi connectivity index (χ4v) is 3.04. The molecule has 0 aliphatic carbocycles. The van der Waals surface area contributed by atoms with Crippen molar-refractivity contribution in [2.45, 2.75) is 25.4 Å². The summed E-state index contributed by atoms with van der Waals surface area (Å²) in [4.78, 5) is 8.36. The fourth-order valence-electron chi connectivity index (χ4n) is 3.04. The van der Waals surface area contributed by atoms with E-state index in [2.05, 4.69) is 47.5 Å². The predicted molar refractivity (Wildman–Crippen MR) is 113 cm³/mol. The second-order valence-electron chi connectivity index (χ2n) is 6.23. The van der Waals surface area contributed by atoms with Crippen molar-refractivity contribution >= 4 is 0 Å². The van der Waals surface area contributed by atoms with Gasteiger partial charge in [0.05, 0.1) is 6.54 Å². The summed E-state index contributed by atoms with van der Waals surface area (Å²) in [6, 6.07) is 15.2. The highest BCUT2D eigenvalue weighted by molar-refractivity contribution is 5.42. The maximum Gasteiger partial charge on any atom is 0.167 e. The zero-order chi connectivity index (χ0) is 21.4. The lowest BCUT2D eigenvalue weighted by molar-refractivity contribution is 0.324. The highest BCUT2D eigenvalue weighted by atomic mass is 16.5. The molecule has 2 aromatic carbocycles. The van der Waals surface area contributed by atoms with Crippen LogP contribution in [0.25, 0.3) is 31.3 Å². The van der Waals surface area contributed by atoms with Gasteiger partial charge in [-0.3, -0.25) is 0 Å². The van der Waals surface area contributed by atoms with E-state index in [9.17, 15) is 0 Å². The van der Waals surface area contributed by atoms with Gasteiger partial charge < -0.3 is 10.1 Å². The summed E-state index contributed by atoms with van der Waals surface area (Å²) in [7, 11) is 0. The smallest absolute Gasteiger partial charge is 0.167 e. The van der Waals surface area contributed by atoms with Crippen molar-refractivity contribution < 1.29 is 4.74 Å². The molecular weight excluding hydrogens is 384 g/mol. The molecule has 0 spiro atoms. The van der Waals surface area contributed by atoms with E-state index in [0.29, 0.717) is 17.9 Å². The van der Waals surface area contributed by atoms with Crippen LogP contribution in [0.5, 0.6) is 5.75 Å². The second-order valence-corrected chi connectivity index (χ2v) is 6.23. The summed E-state index contributed by atoms with van der Waals surface area (Å²) in [6.45, 7) is 0.752. The molecule has 0 heterocycles. The van der Waals surface area contributed by atoms with Crippen LogP contribution < -0.4 is 10.1 Å². The van der Waals surface area contributed by atoms with Gasteiger partial charge in [-0.1, -0.05) is 57.8 Å². The van der Waals surface area contributed by atoms with Gasteiger partial charge in [-0.25, -0.2) is 0 Å². The van der Waals surface area contributed by atoms with Gasteiger partial charge in [-0.15, -0.1) is 0 Å². The van der Waals surface area contributed by atoms with Crippen LogP contribution in [0, 0.1) is 0 Å². The third-order valence-corrected chi connectivity index (χ3v) is 4.38. The Balaban J connectivity index is 2.18. The number of benzene rings is 2. The summed E-state index contributed by atoms with van der Waals surface area (Å²) >= 11 is 0. The molecule has 0 unspecified atom stereocenters. The van der Waals surface area contributed by atoms with Crippen molar-refractivity contribution in [2.24, 2.45) is 15.3 Å². The van der Waals surface area contributed by atoms with Crippen molar-refractivity contribution in [3.05, 3.63) is 96.5 Å². The Morgan fingerprint density at radius 1 is 0.900 bits per heavy atom. The van der Waals surface area contributed by atoms with Crippen molar-refractivity contribution in [3.8, 4) is 5.75 Å². The number of rotatable bonds is 13. The topological polar surface area (TPSA) is 168 Å². The first-order chi connectivity index (χ1) is 14.8. The zero-order valence-electron chi connectivity index (χ0n) is 16.4. The van der Waals surface area contributed by atoms with Gasteiger partial charge in [0.25, 0.3) is 0 Å². The van der Waals surface area contributed by atoms with E-state index in [-0.39, 0.29) is 25.9 Å². The first kappa shape index (κ1) is 22.4. The zero-order valence-corrected chi connectivity index (χ0v) is 16.4. The van der Waals surface area contributed by atoms with Crippen LogP contribution >= 0.6 is 0 Å². The summed E-state index contributed by atoms with van der Waals surface area (Å²) in [5.74, 6) is 0.448. The van der Waals surface area contributed by atoms with E-state index in [0.717, 1.165) is 18.4 Å². The van der Waals surface area contributed by atoms with Crippen LogP contribution in [-0.4, -0.2) is 19.8 Å². The van der Waals surface area contributed by atoms with E-state index in [1.54, 1.807) is 12.1 Å². The molecule has 2 rings (SSSR count). The van der Waals surface area contributed by atoms with E-state index >= 15 is 0 Å². The van der Waals surface area contributed by atoms with Gasteiger partial charge in [0, 0.05) is 32.9 Å². The predicted octanol–water partition coefficient (Wildman–Crippen LogP) is 5.72. The summed E-state index contributed by atoms with van der Waals surface area (Å²) < 4.78 is 5.52. The normalized spacial score (nSPS) is 10.8. The molecule has 1 N–H and O–H groups in total. The third kappa shape index (κ3) is 7.27. The Bertz CT molecular complexity index is 945. The molecule has 0 saturated heterocycles. The third-order valence-electron chi connectivity index (χ3n) is 4.38. The molecule has 0 saturated carbocycles. The Kier molecular flexibility index (Phi) is 9.96. The standard InChI is InChI=1S/C19H22N10O/c20-27-24-12-17-16(9-4-10-19(17)30-14-26-29-22)18(13-25-28-21)23-11-5-8-15-6-2-1-3-7-15/h1-4,6-7,9-10,18,23H,5,8,11-14H2/t18-/m0/s1. The quantitative estimate of drug-likeness (QED) is 0.194. The lowest BCUT2D eigenvalue weighted by atomic mass is 9.99. The Morgan fingerprint density at radius 2 is 1.67 bits per heavy atom. The molecule has 2 aromatic rings. The van der Waals surface area contributed by atoms with Crippen LogP contribution in [0.15, 0.2) is 63.9 Å². The molecule has 0 radical (unpaired) electrons. The molecule has 30 heavy (non-hydrogen) atoms. The van der Waals surface area contributed by atoms with Gasteiger partial charge in [0.2, 0.25) is 0 Å². The molecule has 0 aliphatic rings. The van der Waals surface area contributed by atoms with Crippen molar-refractivity contribution in [2.75, 3.05) is 19.8 Å². The average molecular weight is 406 g/mol. The minimum absolute atomic E-state index is 0.0523. The fraction of sp³-hybridized carbons (Fsp3) is 0.368. The van der Waals surface area contributed by atoms with Crippen LogP contribution in [0.1, 0.15) is 29.2 Å². The first-order valence-corrected chi connectivity index (χ1v) is 9.34. The molecular formula is C19H22N10O. The second kappa shape index (κ2) is 13.3. The maximum absolute atomic E-state index is 8.78. The Morgan fingerprint density at radius 3 is 2.40 bits per heavy atom. The molecule has 0 amide bonds. The van der Waals surface area contributed by atoms with Crippen LogP contribution in [0.3, 0.4) is 0 Å². The number of hydrogen-bond donors (Lipinski definition) is 1. The molecule has 1 atom stereocenters. The number of aryl methyl sites for hydroxylation is 1. The minimum Gasteiger partial charge on any atom is -0.487 e. The number of nitrogens with zero attached hydrogens (tertiary/aromatic N) is 9. The Hall–Kier alpha value is -3.87. The lowest BCUT2D eigenvalue weighted by Crippen LogP contribution is -2.26. The SMILES string of the molecule is [N-]=[N+]=NCOc1cccc([C@H](CN=[N+]=[N-])NCCCc2ccccc2)c1CN=[N+]=[N-]. The molecule has 0 aromatic heterocycles. The highest BCUT2D eigenvalue weighted by Crippen LogP contribution is 2.29. The molecule has 11 heteroatoms. The molecule has 0 bridgehead atoms. The van der Waals surface area contributed by atoms with E-state index in [1.165, 1.54) is 5.56 Å². The summed E-state index contributed by atoms with van der Waals surface area (Å²) in [5, 5.41) is 14.2. The molecule has 0 aliphatic heterocycles. The largest absolute Gasteiger partial charge is 0.487 e. The van der Waals surface area contributed by atoms with Crippen molar-refractivity contribution in [1.82, 2.24) is 5.32 Å². The number of ether oxygens (including phenoxy) is 1. The van der Waals surface area contributed by atoms with E-state index < -0.39 is 0 Å². The molecule has 154 valence electrons. The van der Waals surface area contributed by atoms with Crippen molar-refractivity contribution in [3.63, 3.8) is 0 Å². The summed E-state index contributed by atoms with van der Waals surface area (Å²) in [6.07, 6.45) is 1.82. The van der Waals surface area contributed by atoms with E-state index in [4.69, 9.17) is 21.3 Å². The molecule has 11 nitrogen and oxygen atoms in total. The van der Waals surface area contributed by atoms with Crippen LogP contribution in [-0.2, 0) is 13.0 Å². The van der Waals surface area contributed by atoms with Gasteiger partial charge in [-0.05, 0) is 53.2 Å². The van der Waals surface area contributed by atoms with Crippen LogP contribution in [0.2, 0.25) is 0 Å². The first-order valence-electron chi connectivity index (χ1n) is 9.34. The number of hydrogen-bond acceptors (Lipinski definition) is 5.